The number of methoxy groups -OCH3 is 2. The maximum atomic E-state index is 11.1. The Morgan fingerprint density at radius 3 is 2.80 bits per heavy atom. The van der Waals surface area contributed by atoms with Crippen LogP contribution in [0, 0.1) is 0 Å². The minimum Gasteiger partial charge on any atom is -0.496 e. The number of nitrogens with one attached hydrogen (secondary N) is 1. The molecule has 0 spiro atoms. The molecule has 20 heavy (non-hydrogen) atoms. The van der Waals surface area contributed by atoms with Gasteiger partial charge in [0.2, 0.25) is 0 Å². The molecule has 4 nitrogen and oxygen atoms in total. The smallest absolute Gasteiger partial charge is 0.315 e. The van der Waals surface area contributed by atoms with Crippen molar-refractivity contribution in [1.82, 2.24) is 5.32 Å². The second-order valence-electron chi connectivity index (χ2n) is 4.39. The van der Waals surface area contributed by atoms with Gasteiger partial charge in [-0.25, -0.2) is 0 Å². The standard InChI is InChI=1S/C15H23NO3S/c1-4-7-16-9-12-5-6-14(18-2)13(8-12)10-20-11-15(17)19-3/h5-6,8,16H,4,7,9-11H2,1-3H3. The third kappa shape index (κ3) is 5.84. The lowest BCUT2D eigenvalue weighted by Gasteiger charge is -2.11. The molecule has 0 heterocycles. The molecular weight excluding hydrogens is 274 g/mol. The summed E-state index contributed by atoms with van der Waals surface area (Å²) < 4.78 is 9.99. The maximum Gasteiger partial charge on any atom is 0.315 e. The van der Waals surface area contributed by atoms with E-state index < -0.39 is 0 Å². The number of hydrogen-bond acceptors (Lipinski definition) is 5. The second kappa shape index (κ2) is 9.66. The summed E-state index contributed by atoms with van der Waals surface area (Å²) in [5.74, 6) is 1.76. The zero-order valence-corrected chi connectivity index (χ0v) is 13.2. The van der Waals surface area contributed by atoms with Crippen molar-refractivity contribution in [2.24, 2.45) is 0 Å². The van der Waals surface area contributed by atoms with E-state index in [0.717, 1.165) is 36.6 Å². The van der Waals surface area contributed by atoms with E-state index in [1.165, 1.54) is 24.4 Å². The molecule has 0 aliphatic heterocycles. The van der Waals surface area contributed by atoms with Crippen LogP contribution in [0.1, 0.15) is 24.5 Å². The normalized spacial score (nSPS) is 10.3. The molecule has 0 aromatic heterocycles. The fourth-order valence-electron chi connectivity index (χ4n) is 1.77. The van der Waals surface area contributed by atoms with Gasteiger partial charge >= 0.3 is 5.97 Å². The Bertz CT molecular complexity index is 424. The number of benzene rings is 1. The zero-order chi connectivity index (χ0) is 14.8. The van der Waals surface area contributed by atoms with E-state index in [4.69, 9.17) is 4.74 Å². The fraction of sp³-hybridized carbons (Fsp3) is 0.533. The largest absolute Gasteiger partial charge is 0.496 e. The van der Waals surface area contributed by atoms with Gasteiger partial charge in [0.15, 0.2) is 0 Å². The number of carbonyl (C=O) groups is 1. The summed E-state index contributed by atoms with van der Waals surface area (Å²) in [6.45, 7) is 4.01. The topological polar surface area (TPSA) is 47.6 Å². The summed E-state index contributed by atoms with van der Waals surface area (Å²) in [6.07, 6.45) is 1.12. The summed E-state index contributed by atoms with van der Waals surface area (Å²) in [4.78, 5) is 11.1. The van der Waals surface area contributed by atoms with Gasteiger partial charge in [-0.15, -0.1) is 11.8 Å². The van der Waals surface area contributed by atoms with Gasteiger partial charge in [-0.2, -0.15) is 0 Å². The molecule has 1 aromatic carbocycles. The quantitative estimate of drug-likeness (QED) is 0.561. The third-order valence-electron chi connectivity index (χ3n) is 2.81. The van der Waals surface area contributed by atoms with Crippen LogP contribution in [0.15, 0.2) is 18.2 Å². The molecule has 1 N–H and O–H groups in total. The molecular formula is C15H23NO3S. The molecule has 1 rings (SSSR count). The highest BCUT2D eigenvalue weighted by Gasteiger charge is 2.07. The Morgan fingerprint density at radius 1 is 1.35 bits per heavy atom. The van der Waals surface area contributed by atoms with Crippen LogP contribution < -0.4 is 10.1 Å². The molecule has 0 aliphatic rings. The number of carbonyl (C=O) groups excluding carboxylic acids is 1. The number of esters is 1. The van der Waals surface area contributed by atoms with Crippen molar-refractivity contribution in [3.63, 3.8) is 0 Å². The average Bonchev–Trinajstić information content (AvgIpc) is 2.47. The lowest BCUT2D eigenvalue weighted by Crippen LogP contribution is -2.14. The van der Waals surface area contributed by atoms with Crippen LogP contribution in [-0.2, 0) is 21.8 Å². The van der Waals surface area contributed by atoms with Gasteiger partial charge in [0, 0.05) is 17.9 Å². The molecule has 5 heteroatoms. The Kier molecular flexibility index (Phi) is 8.14. The lowest BCUT2D eigenvalue weighted by atomic mass is 10.1. The fourth-order valence-corrected chi connectivity index (χ4v) is 2.60. The second-order valence-corrected chi connectivity index (χ2v) is 5.38. The zero-order valence-electron chi connectivity index (χ0n) is 12.4. The molecule has 0 bridgehead atoms. The van der Waals surface area contributed by atoms with Crippen LogP contribution in [0.4, 0.5) is 0 Å². The number of ether oxygens (including phenoxy) is 2. The summed E-state index contributed by atoms with van der Waals surface area (Å²) >= 11 is 1.53. The molecule has 0 radical (unpaired) electrons. The van der Waals surface area contributed by atoms with Crippen LogP contribution >= 0.6 is 11.8 Å². The molecule has 0 unspecified atom stereocenters. The molecule has 0 aliphatic carbocycles. The molecule has 0 saturated heterocycles. The van der Waals surface area contributed by atoms with E-state index >= 15 is 0 Å². The van der Waals surface area contributed by atoms with E-state index in [2.05, 4.69) is 29.1 Å². The highest BCUT2D eigenvalue weighted by Crippen LogP contribution is 2.24. The molecule has 112 valence electrons. The van der Waals surface area contributed by atoms with Crippen molar-refractivity contribution in [2.75, 3.05) is 26.5 Å². The Morgan fingerprint density at radius 2 is 2.15 bits per heavy atom. The van der Waals surface area contributed by atoms with Gasteiger partial charge in [0.25, 0.3) is 0 Å². The highest BCUT2D eigenvalue weighted by molar-refractivity contribution is 7.99. The van der Waals surface area contributed by atoms with Crippen LogP contribution in [0.25, 0.3) is 0 Å². The molecule has 0 atom stereocenters. The monoisotopic (exact) mass is 297 g/mol. The predicted octanol–water partition coefficient (Wildman–Crippen LogP) is 2.60. The van der Waals surface area contributed by atoms with Crippen molar-refractivity contribution in [3.05, 3.63) is 29.3 Å². The predicted molar refractivity (Wildman–Crippen MR) is 83.2 cm³/mol. The van der Waals surface area contributed by atoms with Crippen molar-refractivity contribution >= 4 is 17.7 Å². The number of hydrogen-bond donors (Lipinski definition) is 1. The summed E-state index contributed by atoms with van der Waals surface area (Å²) in [6, 6.07) is 6.18. The number of thioether (sulfide) groups is 1. The third-order valence-corrected chi connectivity index (χ3v) is 3.76. The Labute approximate surface area is 125 Å². The minimum absolute atomic E-state index is 0.199. The van der Waals surface area contributed by atoms with Gasteiger partial charge in [0.1, 0.15) is 5.75 Å². The van der Waals surface area contributed by atoms with E-state index in [9.17, 15) is 4.79 Å². The van der Waals surface area contributed by atoms with Crippen LogP contribution in [0.3, 0.4) is 0 Å². The molecule has 0 saturated carbocycles. The van der Waals surface area contributed by atoms with E-state index in [1.54, 1.807) is 7.11 Å². The van der Waals surface area contributed by atoms with Crippen LogP contribution in [0.2, 0.25) is 0 Å². The van der Waals surface area contributed by atoms with E-state index in [-0.39, 0.29) is 5.97 Å². The van der Waals surface area contributed by atoms with Crippen molar-refractivity contribution < 1.29 is 14.3 Å². The SMILES string of the molecule is CCCNCc1ccc(OC)c(CSCC(=O)OC)c1. The van der Waals surface area contributed by atoms with Gasteiger partial charge < -0.3 is 14.8 Å². The highest BCUT2D eigenvalue weighted by atomic mass is 32.2. The first-order valence-corrected chi connectivity index (χ1v) is 7.87. The van der Waals surface area contributed by atoms with E-state index in [1.807, 2.05) is 6.07 Å². The minimum atomic E-state index is -0.199. The average molecular weight is 297 g/mol. The first kappa shape index (κ1) is 16.9. The van der Waals surface area contributed by atoms with Crippen molar-refractivity contribution in [2.45, 2.75) is 25.6 Å². The van der Waals surface area contributed by atoms with Gasteiger partial charge in [-0.1, -0.05) is 13.0 Å². The van der Waals surface area contributed by atoms with Crippen molar-refractivity contribution in [1.29, 1.82) is 0 Å². The van der Waals surface area contributed by atoms with Gasteiger partial charge in [-0.3, -0.25) is 4.79 Å². The van der Waals surface area contributed by atoms with E-state index in [0.29, 0.717) is 5.75 Å². The molecule has 0 amide bonds. The summed E-state index contributed by atoms with van der Waals surface area (Å²) in [5.41, 5.74) is 2.34. The summed E-state index contributed by atoms with van der Waals surface area (Å²) in [7, 11) is 3.07. The summed E-state index contributed by atoms with van der Waals surface area (Å²) in [5, 5.41) is 3.38. The number of rotatable bonds is 9. The van der Waals surface area contributed by atoms with Gasteiger partial charge in [-0.05, 0) is 30.7 Å². The van der Waals surface area contributed by atoms with Crippen molar-refractivity contribution in [3.8, 4) is 5.75 Å². The first-order chi connectivity index (χ1) is 9.71. The Hall–Kier alpha value is -1.20. The van der Waals surface area contributed by atoms with Gasteiger partial charge in [0.05, 0.1) is 20.0 Å². The maximum absolute atomic E-state index is 11.1. The first-order valence-electron chi connectivity index (χ1n) is 6.72. The molecule has 1 aromatic rings. The van der Waals surface area contributed by atoms with Crippen LogP contribution in [0.5, 0.6) is 5.75 Å². The molecule has 0 fully saturated rings. The Balaban J connectivity index is 2.60. The lowest BCUT2D eigenvalue weighted by molar-refractivity contribution is -0.137. The van der Waals surface area contributed by atoms with Crippen LogP contribution in [-0.4, -0.2) is 32.5 Å².